The molecular weight excluding hydrogens is 466 g/mol. The van der Waals surface area contributed by atoms with E-state index in [0.717, 1.165) is 11.8 Å². The Morgan fingerprint density at radius 2 is 1.94 bits per heavy atom. The second kappa shape index (κ2) is 9.44. The number of carbonyl (C=O) groups excluding carboxylic acids is 2. The number of nitrogens with one attached hydrogen (secondary N) is 1. The number of ketones is 1. The maximum absolute atomic E-state index is 13.1. The smallest absolute Gasteiger partial charge is 0.262 e. The molecule has 33 heavy (non-hydrogen) atoms. The maximum atomic E-state index is 13.1. The van der Waals surface area contributed by atoms with E-state index in [0.29, 0.717) is 50.4 Å². The minimum Gasteiger partial charge on any atom is -0.454 e. The third-order valence-corrected chi connectivity index (χ3v) is 6.14. The van der Waals surface area contributed by atoms with Gasteiger partial charge in [0.2, 0.25) is 12.7 Å². The fraction of sp³-hybridized carbons (Fsp3) is 0.304. The van der Waals surface area contributed by atoms with E-state index in [1.165, 1.54) is 6.92 Å². The standard InChI is InChI=1S/C23H22ClN3O5S/c1-12(2)9-27-22(30)16-6-14(24)4-5-17(16)26-23(27)33-10-21(29)25-18-8-20-19(31-11-32-20)7-15(18)13(3)28/h4-8,12H,9-11H2,1-3H3,(H,25,29). The molecule has 4 rings (SSSR count). The number of hydrogen-bond donors (Lipinski definition) is 1. The van der Waals surface area contributed by atoms with Crippen molar-refractivity contribution in [3.63, 3.8) is 0 Å². The lowest BCUT2D eigenvalue weighted by Crippen LogP contribution is -2.26. The van der Waals surface area contributed by atoms with Gasteiger partial charge in [-0.3, -0.25) is 19.0 Å². The average Bonchev–Trinajstić information content (AvgIpc) is 3.21. The number of anilines is 1. The van der Waals surface area contributed by atoms with E-state index in [1.807, 2.05) is 13.8 Å². The quantitative estimate of drug-likeness (QED) is 0.300. The van der Waals surface area contributed by atoms with Crippen LogP contribution in [0.3, 0.4) is 0 Å². The Balaban J connectivity index is 1.59. The lowest BCUT2D eigenvalue weighted by atomic mass is 10.1. The highest BCUT2D eigenvalue weighted by molar-refractivity contribution is 7.99. The Bertz CT molecular complexity index is 1320. The van der Waals surface area contributed by atoms with Crippen molar-refractivity contribution in [1.29, 1.82) is 0 Å². The zero-order chi connectivity index (χ0) is 23.7. The number of rotatable bonds is 7. The van der Waals surface area contributed by atoms with Gasteiger partial charge in [0.15, 0.2) is 22.4 Å². The summed E-state index contributed by atoms with van der Waals surface area (Å²) >= 11 is 7.22. The number of benzene rings is 2. The largest absolute Gasteiger partial charge is 0.454 e. The summed E-state index contributed by atoms with van der Waals surface area (Å²) in [6.07, 6.45) is 0. The van der Waals surface area contributed by atoms with Gasteiger partial charge >= 0.3 is 0 Å². The molecule has 10 heteroatoms. The number of ether oxygens (including phenoxy) is 2. The summed E-state index contributed by atoms with van der Waals surface area (Å²) < 4.78 is 12.2. The van der Waals surface area contributed by atoms with Crippen LogP contribution < -0.4 is 20.3 Å². The molecule has 3 aromatic rings. The van der Waals surface area contributed by atoms with Crippen LogP contribution in [-0.2, 0) is 11.3 Å². The van der Waals surface area contributed by atoms with Crippen LogP contribution in [0.25, 0.3) is 10.9 Å². The van der Waals surface area contributed by atoms with Gasteiger partial charge in [-0.05, 0) is 37.1 Å². The Hall–Kier alpha value is -3.04. The third-order valence-electron chi connectivity index (χ3n) is 4.93. The number of carbonyl (C=O) groups is 2. The van der Waals surface area contributed by atoms with Crippen LogP contribution >= 0.6 is 23.4 Å². The number of thioether (sulfide) groups is 1. The molecule has 8 nitrogen and oxygen atoms in total. The monoisotopic (exact) mass is 487 g/mol. The van der Waals surface area contributed by atoms with Crippen molar-refractivity contribution in [3.05, 3.63) is 51.3 Å². The van der Waals surface area contributed by atoms with E-state index < -0.39 is 0 Å². The van der Waals surface area contributed by atoms with Crippen LogP contribution in [0.2, 0.25) is 5.02 Å². The Labute approximate surface area is 199 Å². The fourth-order valence-electron chi connectivity index (χ4n) is 3.46. The van der Waals surface area contributed by atoms with Gasteiger partial charge in [-0.2, -0.15) is 0 Å². The van der Waals surface area contributed by atoms with Crippen LogP contribution in [0, 0.1) is 5.92 Å². The summed E-state index contributed by atoms with van der Waals surface area (Å²) in [7, 11) is 0. The molecule has 0 unspecified atom stereocenters. The third kappa shape index (κ3) is 4.99. The molecule has 1 N–H and O–H groups in total. The molecule has 0 bridgehead atoms. The van der Waals surface area contributed by atoms with Crippen molar-refractivity contribution < 1.29 is 19.1 Å². The van der Waals surface area contributed by atoms with E-state index in [-0.39, 0.29) is 35.7 Å². The van der Waals surface area contributed by atoms with Crippen LogP contribution in [-0.4, -0.2) is 33.8 Å². The number of nitrogens with zero attached hydrogens (tertiary/aromatic N) is 2. The lowest BCUT2D eigenvalue weighted by molar-refractivity contribution is -0.113. The summed E-state index contributed by atoms with van der Waals surface area (Å²) in [5, 5.41) is 4.10. The van der Waals surface area contributed by atoms with Crippen molar-refractivity contribution >= 4 is 51.6 Å². The summed E-state index contributed by atoms with van der Waals surface area (Å²) in [6, 6.07) is 8.10. The van der Waals surface area contributed by atoms with Crippen molar-refractivity contribution in [3.8, 4) is 11.5 Å². The predicted octanol–water partition coefficient (Wildman–Crippen LogP) is 4.37. The Morgan fingerprint density at radius 3 is 2.64 bits per heavy atom. The molecule has 1 aromatic heterocycles. The van der Waals surface area contributed by atoms with Crippen LogP contribution in [0.5, 0.6) is 11.5 Å². The van der Waals surface area contributed by atoms with Gasteiger partial charge in [-0.25, -0.2) is 4.98 Å². The van der Waals surface area contributed by atoms with Gasteiger partial charge in [-0.15, -0.1) is 0 Å². The van der Waals surface area contributed by atoms with E-state index in [4.69, 9.17) is 21.1 Å². The Kier molecular flexibility index (Phi) is 6.62. The Morgan fingerprint density at radius 1 is 1.21 bits per heavy atom. The normalized spacial score (nSPS) is 12.4. The van der Waals surface area contributed by atoms with Gasteiger partial charge in [0.05, 0.1) is 22.3 Å². The minimum absolute atomic E-state index is 0.00455. The highest BCUT2D eigenvalue weighted by Crippen LogP contribution is 2.37. The first-order chi connectivity index (χ1) is 15.7. The van der Waals surface area contributed by atoms with Gasteiger partial charge in [0, 0.05) is 23.2 Å². The predicted molar refractivity (Wildman–Crippen MR) is 128 cm³/mol. The molecule has 0 saturated heterocycles. The minimum atomic E-state index is -0.345. The maximum Gasteiger partial charge on any atom is 0.262 e. The lowest BCUT2D eigenvalue weighted by Gasteiger charge is -2.15. The van der Waals surface area contributed by atoms with E-state index in [1.54, 1.807) is 34.9 Å². The topological polar surface area (TPSA) is 99.5 Å². The first-order valence-electron chi connectivity index (χ1n) is 10.3. The molecule has 0 saturated carbocycles. The van der Waals surface area contributed by atoms with Crippen molar-refractivity contribution in [2.75, 3.05) is 17.9 Å². The summed E-state index contributed by atoms with van der Waals surface area (Å²) in [6.45, 7) is 5.93. The SMILES string of the molecule is CC(=O)c1cc2c(cc1NC(=O)CSc1nc3ccc(Cl)cc3c(=O)n1CC(C)C)OCO2. The van der Waals surface area contributed by atoms with E-state index in [9.17, 15) is 14.4 Å². The fourth-order valence-corrected chi connectivity index (χ4v) is 4.44. The second-order valence-electron chi connectivity index (χ2n) is 8.01. The van der Waals surface area contributed by atoms with Crippen molar-refractivity contribution in [2.24, 2.45) is 5.92 Å². The average molecular weight is 488 g/mol. The summed E-state index contributed by atoms with van der Waals surface area (Å²) in [4.78, 5) is 42.5. The molecule has 0 atom stereocenters. The van der Waals surface area contributed by atoms with Crippen molar-refractivity contribution in [1.82, 2.24) is 9.55 Å². The molecule has 2 heterocycles. The number of hydrogen-bond acceptors (Lipinski definition) is 7. The summed E-state index contributed by atoms with van der Waals surface area (Å²) in [5.74, 6) is 0.560. The highest BCUT2D eigenvalue weighted by Gasteiger charge is 2.21. The number of halogens is 1. The first kappa shape index (κ1) is 23.1. The molecule has 1 aliphatic rings. The number of amides is 1. The van der Waals surface area contributed by atoms with Gasteiger partial charge in [0.1, 0.15) is 0 Å². The zero-order valence-corrected chi connectivity index (χ0v) is 19.9. The summed E-state index contributed by atoms with van der Waals surface area (Å²) in [5.41, 5.74) is 0.990. The highest BCUT2D eigenvalue weighted by atomic mass is 35.5. The zero-order valence-electron chi connectivity index (χ0n) is 18.3. The first-order valence-corrected chi connectivity index (χ1v) is 11.7. The molecule has 0 aliphatic carbocycles. The number of aromatic nitrogens is 2. The van der Waals surface area contributed by atoms with E-state index in [2.05, 4.69) is 10.3 Å². The van der Waals surface area contributed by atoms with Gasteiger partial charge < -0.3 is 14.8 Å². The molecule has 0 radical (unpaired) electrons. The van der Waals surface area contributed by atoms with Gasteiger partial charge in [-0.1, -0.05) is 37.2 Å². The van der Waals surface area contributed by atoms with Crippen LogP contribution in [0.1, 0.15) is 31.1 Å². The molecule has 0 spiro atoms. The van der Waals surface area contributed by atoms with Crippen LogP contribution in [0.15, 0.2) is 40.3 Å². The van der Waals surface area contributed by atoms with Crippen molar-refractivity contribution in [2.45, 2.75) is 32.5 Å². The van der Waals surface area contributed by atoms with E-state index >= 15 is 0 Å². The molecule has 2 aromatic carbocycles. The molecular formula is C23H22ClN3O5S. The van der Waals surface area contributed by atoms with Crippen LogP contribution in [0.4, 0.5) is 5.69 Å². The second-order valence-corrected chi connectivity index (χ2v) is 9.39. The molecule has 1 amide bonds. The van der Waals surface area contributed by atoms with Gasteiger partial charge in [0.25, 0.3) is 5.56 Å². The molecule has 0 fully saturated rings. The molecule has 1 aliphatic heterocycles. The number of fused-ring (bicyclic) bond motifs is 2. The number of Topliss-reactive ketones (excluding diaryl/α,β-unsaturated/α-hetero) is 1. The molecule has 172 valence electrons.